The number of nitrogens with zero attached hydrogens (tertiary/aromatic N) is 1. The van der Waals surface area contributed by atoms with Crippen molar-refractivity contribution >= 4 is 29.5 Å². The van der Waals surface area contributed by atoms with E-state index in [2.05, 4.69) is 4.98 Å². The van der Waals surface area contributed by atoms with Gasteiger partial charge in [-0.1, -0.05) is 23.2 Å². The maximum Gasteiger partial charge on any atom is 0.150 e. The zero-order valence-electron chi connectivity index (χ0n) is 8.15. The Morgan fingerprint density at radius 3 is 2.62 bits per heavy atom. The van der Waals surface area contributed by atoms with Gasteiger partial charge in [-0.2, -0.15) is 0 Å². The number of aromatic nitrogens is 1. The highest BCUT2D eigenvalue weighted by atomic mass is 35.5. The summed E-state index contributed by atoms with van der Waals surface area (Å²) >= 11 is 11.8. The molecule has 0 aliphatic heterocycles. The van der Waals surface area contributed by atoms with Crippen molar-refractivity contribution < 1.29 is 4.79 Å². The van der Waals surface area contributed by atoms with Gasteiger partial charge in [-0.25, -0.2) is 0 Å². The molecule has 0 atom stereocenters. The van der Waals surface area contributed by atoms with Gasteiger partial charge in [0.1, 0.15) is 6.29 Å². The SMILES string of the molecule is O=Cc1ccnc(-c2ccc(Cl)cc2Cl)c1. The number of aldehydes is 1. The summed E-state index contributed by atoms with van der Waals surface area (Å²) in [6.45, 7) is 0. The number of pyridine rings is 1. The molecule has 0 amide bonds. The predicted octanol–water partition coefficient (Wildman–Crippen LogP) is 3.87. The average molecular weight is 252 g/mol. The topological polar surface area (TPSA) is 30.0 Å². The van der Waals surface area contributed by atoms with Gasteiger partial charge in [-0.3, -0.25) is 9.78 Å². The summed E-state index contributed by atoms with van der Waals surface area (Å²) in [5.74, 6) is 0. The summed E-state index contributed by atoms with van der Waals surface area (Å²) < 4.78 is 0. The lowest BCUT2D eigenvalue weighted by molar-refractivity contribution is 0.112. The number of hydrogen-bond acceptors (Lipinski definition) is 2. The molecule has 0 unspecified atom stereocenters. The van der Waals surface area contributed by atoms with Gasteiger partial charge in [-0.15, -0.1) is 0 Å². The molecule has 0 radical (unpaired) electrons. The van der Waals surface area contributed by atoms with Crippen LogP contribution in [-0.2, 0) is 0 Å². The Balaban J connectivity index is 2.53. The van der Waals surface area contributed by atoms with Crippen LogP contribution in [0.2, 0.25) is 10.0 Å². The first-order valence-corrected chi connectivity index (χ1v) is 5.33. The molecule has 1 heterocycles. The Hall–Kier alpha value is -1.38. The molecule has 0 fully saturated rings. The molecule has 80 valence electrons. The Labute approximate surface area is 103 Å². The van der Waals surface area contributed by atoms with Crippen molar-refractivity contribution in [3.8, 4) is 11.3 Å². The van der Waals surface area contributed by atoms with Crippen LogP contribution >= 0.6 is 23.2 Å². The van der Waals surface area contributed by atoms with Crippen molar-refractivity contribution in [2.24, 2.45) is 0 Å². The van der Waals surface area contributed by atoms with Gasteiger partial charge in [0, 0.05) is 22.3 Å². The van der Waals surface area contributed by atoms with Crippen LogP contribution < -0.4 is 0 Å². The van der Waals surface area contributed by atoms with Crippen LogP contribution in [0.3, 0.4) is 0 Å². The van der Waals surface area contributed by atoms with E-state index in [1.54, 1.807) is 36.5 Å². The van der Waals surface area contributed by atoms with Gasteiger partial charge in [0.15, 0.2) is 0 Å². The lowest BCUT2D eigenvalue weighted by Gasteiger charge is -2.04. The van der Waals surface area contributed by atoms with Crippen molar-refractivity contribution in [3.05, 3.63) is 52.1 Å². The smallest absolute Gasteiger partial charge is 0.150 e. The van der Waals surface area contributed by atoms with Crippen LogP contribution in [0, 0.1) is 0 Å². The highest BCUT2D eigenvalue weighted by Gasteiger charge is 2.05. The number of halogens is 2. The molecule has 0 saturated heterocycles. The van der Waals surface area contributed by atoms with Gasteiger partial charge < -0.3 is 0 Å². The minimum atomic E-state index is 0.517. The standard InChI is InChI=1S/C12H7Cl2NO/c13-9-1-2-10(11(14)6-9)12-5-8(7-16)3-4-15-12/h1-7H. The molecule has 0 saturated carbocycles. The van der Waals surface area contributed by atoms with Crippen LogP contribution in [0.4, 0.5) is 0 Å². The fourth-order valence-electron chi connectivity index (χ4n) is 1.36. The first-order chi connectivity index (χ1) is 7.70. The molecule has 2 aromatic rings. The quantitative estimate of drug-likeness (QED) is 0.759. The molecular formula is C12H7Cl2NO. The van der Waals surface area contributed by atoms with Crippen molar-refractivity contribution in [3.63, 3.8) is 0 Å². The Morgan fingerprint density at radius 2 is 1.94 bits per heavy atom. The number of benzene rings is 1. The maximum absolute atomic E-state index is 10.6. The summed E-state index contributed by atoms with van der Waals surface area (Å²) in [6, 6.07) is 8.48. The summed E-state index contributed by atoms with van der Waals surface area (Å²) in [6.07, 6.45) is 2.35. The predicted molar refractivity (Wildman–Crippen MR) is 65.1 cm³/mol. The third-order valence-corrected chi connectivity index (χ3v) is 2.67. The molecule has 0 N–H and O–H groups in total. The maximum atomic E-state index is 10.6. The normalized spacial score (nSPS) is 10.1. The number of carbonyl (C=O) groups excluding carboxylic acids is 1. The van der Waals surface area contributed by atoms with Gasteiger partial charge >= 0.3 is 0 Å². The zero-order chi connectivity index (χ0) is 11.5. The molecule has 2 nitrogen and oxygen atoms in total. The first kappa shape index (κ1) is 11.1. The fraction of sp³-hybridized carbons (Fsp3) is 0. The van der Waals surface area contributed by atoms with Crippen LogP contribution in [0.1, 0.15) is 10.4 Å². The summed E-state index contributed by atoms with van der Waals surface area (Å²) in [5.41, 5.74) is 1.98. The van der Waals surface area contributed by atoms with Crippen molar-refractivity contribution in [2.75, 3.05) is 0 Å². The zero-order valence-corrected chi connectivity index (χ0v) is 9.66. The summed E-state index contributed by atoms with van der Waals surface area (Å²) in [5, 5.41) is 1.09. The van der Waals surface area contributed by atoms with Gasteiger partial charge in [0.2, 0.25) is 0 Å². The van der Waals surface area contributed by atoms with Gasteiger partial charge in [0.25, 0.3) is 0 Å². The molecular weight excluding hydrogens is 245 g/mol. The number of rotatable bonds is 2. The first-order valence-electron chi connectivity index (χ1n) is 4.57. The molecule has 0 aliphatic rings. The van der Waals surface area contributed by atoms with Crippen LogP contribution in [0.25, 0.3) is 11.3 Å². The molecule has 2 rings (SSSR count). The third-order valence-electron chi connectivity index (χ3n) is 2.13. The van der Waals surface area contributed by atoms with Crippen molar-refractivity contribution in [2.45, 2.75) is 0 Å². The van der Waals surface area contributed by atoms with E-state index in [1.807, 2.05) is 0 Å². The lowest BCUT2D eigenvalue weighted by Crippen LogP contribution is -1.87. The van der Waals surface area contributed by atoms with E-state index in [-0.39, 0.29) is 0 Å². The molecule has 16 heavy (non-hydrogen) atoms. The monoisotopic (exact) mass is 251 g/mol. The second-order valence-electron chi connectivity index (χ2n) is 3.22. The largest absolute Gasteiger partial charge is 0.298 e. The van der Waals surface area contributed by atoms with E-state index in [1.165, 1.54) is 0 Å². The molecule has 1 aromatic heterocycles. The Bertz CT molecular complexity index is 540. The average Bonchev–Trinajstić information content (AvgIpc) is 2.29. The van der Waals surface area contributed by atoms with Crippen LogP contribution in [0.15, 0.2) is 36.5 Å². The van der Waals surface area contributed by atoms with Crippen LogP contribution in [-0.4, -0.2) is 11.3 Å². The highest BCUT2D eigenvalue weighted by Crippen LogP contribution is 2.29. The third kappa shape index (κ3) is 2.23. The Kier molecular flexibility index (Phi) is 3.22. The molecule has 0 spiro atoms. The van der Waals surface area contributed by atoms with Crippen LogP contribution in [0.5, 0.6) is 0 Å². The minimum absolute atomic E-state index is 0.517. The van der Waals surface area contributed by atoms with E-state index in [4.69, 9.17) is 23.2 Å². The molecule has 0 aliphatic carbocycles. The van der Waals surface area contributed by atoms with E-state index in [9.17, 15) is 4.79 Å². The van der Waals surface area contributed by atoms with Crippen molar-refractivity contribution in [1.29, 1.82) is 0 Å². The molecule has 0 bridgehead atoms. The van der Waals surface area contributed by atoms with Gasteiger partial charge in [-0.05, 0) is 30.3 Å². The van der Waals surface area contributed by atoms with Gasteiger partial charge in [0.05, 0.1) is 10.7 Å². The van der Waals surface area contributed by atoms with E-state index < -0.39 is 0 Å². The van der Waals surface area contributed by atoms with E-state index >= 15 is 0 Å². The fourth-order valence-corrected chi connectivity index (χ4v) is 1.87. The second kappa shape index (κ2) is 4.64. The summed E-state index contributed by atoms with van der Waals surface area (Å²) in [4.78, 5) is 14.8. The number of hydrogen-bond donors (Lipinski definition) is 0. The van der Waals surface area contributed by atoms with Crippen molar-refractivity contribution in [1.82, 2.24) is 4.98 Å². The molecule has 1 aromatic carbocycles. The molecule has 4 heteroatoms. The highest BCUT2D eigenvalue weighted by molar-refractivity contribution is 6.36. The minimum Gasteiger partial charge on any atom is -0.298 e. The number of carbonyl (C=O) groups is 1. The lowest BCUT2D eigenvalue weighted by atomic mass is 10.1. The van der Waals surface area contributed by atoms with E-state index in [0.717, 1.165) is 11.8 Å². The summed E-state index contributed by atoms with van der Waals surface area (Å²) in [7, 11) is 0. The Morgan fingerprint density at radius 1 is 1.12 bits per heavy atom. The van der Waals surface area contributed by atoms with E-state index in [0.29, 0.717) is 21.3 Å². The second-order valence-corrected chi connectivity index (χ2v) is 4.06.